The fraction of sp³-hybridized carbons (Fsp3) is 0.545. The lowest BCUT2D eigenvalue weighted by Gasteiger charge is -2.43. The summed E-state index contributed by atoms with van der Waals surface area (Å²) in [6.45, 7) is 8.97. The zero-order valence-corrected chi connectivity index (χ0v) is 17.5. The highest BCUT2D eigenvalue weighted by Crippen LogP contribution is 2.33. The first kappa shape index (κ1) is 19.4. The largest absolute Gasteiger partial charge is 0.454 e. The molecule has 0 saturated carbocycles. The minimum atomic E-state index is 0.104. The van der Waals surface area contributed by atoms with Crippen molar-refractivity contribution in [3.05, 3.63) is 41.2 Å². The van der Waals surface area contributed by atoms with E-state index in [1.165, 1.54) is 5.56 Å². The number of H-pyrrole nitrogens is 1. The zero-order chi connectivity index (χ0) is 20.5. The quantitative estimate of drug-likeness (QED) is 0.828. The molecule has 0 bridgehead atoms. The van der Waals surface area contributed by atoms with E-state index < -0.39 is 0 Å². The van der Waals surface area contributed by atoms with E-state index in [2.05, 4.69) is 32.1 Å². The summed E-state index contributed by atoms with van der Waals surface area (Å²) < 4.78 is 10.9. The number of nitrogens with one attached hydrogen (secondary N) is 1. The maximum Gasteiger partial charge on any atom is 0.257 e. The van der Waals surface area contributed by atoms with Crippen molar-refractivity contribution in [3.8, 4) is 11.5 Å². The highest BCUT2D eigenvalue weighted by molar-refractivity contribution is 5.95. The molecule has 1 aromatic carbocycles. The van der Waals surface area contributed by atoms with E-state index in [4.69, 9.17) is 9.47 Å². The van der Waals surface area contributed by atoms with Gasteiger partial charge in [0.2, 0.25) is 6.79 Å². The summed E-state index contributed by atoms with van der Waals surface area (Å²) in [5, 5.41) is 6.88. The average molecular weight is 412 g/mol. The van der Waals surface area contributed by atoms with Gasteiger partial charge < -0.3 is 14.4 Å². The number of amides is 1. The number of ether oxygens (including phenoxy) is 2. The number of piperazine rings is 1. The normalized spacial score (nSPS) is 22.4. The molecule has 1 atom stereocenters. The summed E-state index contributed by atoms with van der Waals surface area (Å²) in [5.41, 5.74) is 2.81. The van der Waals surface area contributed by atoms with Gasteiger partial charge in [0.05, 0.1) is 11.8 Å². The number of carbonyl (C=O) groups excluding carboxylic acids is 1. The number of rotatable bonds is 4. The summed E-state index contributed by atoms with van der Waals surface area (Å²) in [7, 11) is 0. The van der Waals surface area contributed by atoms with E-state index in [1.54, 1.807) is 6.20 Å². The highest BCUT2D eigenvalue weighted by Gasteiger charge is 2.31. The fourth-order valence-electron chi connectivity index (χ4n) is 4.76. The van der Waals surface area contributed by atoms with Crippen molar-refractivity contribution < 1.29 is 14.3 Å². The standard InChI is InChI=1S/C22H29N5O3/c1-16-19(12-23-24-16)22(28)27-6-2-3-18(14-27)26-9-7-25(8-10-26)13-17-4-5-20-21(11-17)30-15-29-20/h4-5,11-12,18H,2-3,6-10,13-15H2,1H3,(H,23,24). The second-order valence-electron chi connectivity index (χ2n) is 8.46. The first-order valence-corrected chi connectivity index (χ1v) is 10.8. The number of fused-ring (bicyclic) bond motifs is 1. The van der Waals surface area contributed by atoms with Crippen LogP contribution in [0.4, 0.5) is 0 Å². The van der Waals surface area contributed by atoms with Crippen molar-refractivity contribution in [1.82, 2.24) is 24.9 Å². The van der Waals surface area contributed by atoms with E-state index in [9.17, 15) is 4.79 Å². The van der Waals surface area contributed by atoms with E-state index in [0.29, 0.717) is 18.4 Å². The van der Waals surface area contributed by atoms with Crippen LogP contribution in [0, 0.1) is 6.92 Å². The first-order valence-electron chi connectivity index (χ1n) is 10.8. The Morgan fingerprint density at radius 1 is 1.17 bits per heavy atom. The molecule has 1 unspecified atom stereocenters. The molecule has 8 nitrogen and oxygen atoms in total. The number of likely N-dealkylation sites (tertiary alicyclic amines) is 1. The van der Waals surface area contributed by atoms with Gasteiger partial charge in [-0.15, -0.1) is 0 Å². The monoisotopic (exact) mass is 411 g/mol. The minimum Gasteiger partial charge on any atom is -0.454 e. The molecular formula is C22H29N5O3. The van der Waals surface area contributed by atoms with Crippen molar-refractivity contribution >= 4 is 5.91 Å². The average Bonchev–Trinajstić information content (AvgIpc) is 3.42. The zero-order valence-electron chi connectivity index (χ0n) is 17.5. The number of aromatic nitrogens is 2. The molecule has 3 aliphatic heterocycles. The lowest BCUT2D eigenvalue weighted by molar-refractivity contribution is 0.0407. The fourth-order valence-corrected chi connectivity index (χ4v) is 4.76. The van der Waals surface area contributed by atoms with E-state index in [1.807, 2.05) is 17.9 Å². The molecule has 1 N–H and O–H groups in total. The van der Waals surface area contributed by atoms with Crippen LogP contribution in [-0.2, 0) is 6.54 Å². The van der Waals surface area contributed by atoms with Crippen LogP contribution in [0.25, 0.3) is 0 Å². The van der Waals surface area contributed by atoms with Crippen LogP contribution in [0.1, 0.15) is 34.5 Å². The van der Waals surface area contributed by atoms with Crippen LogP contribution in [0.5, 0.6) is 11.5 Å². The molecule has 4 heterocycles. The smallest absolute Gasteiger partial charge is 0.257 e. The summed E-state index contributed by atoms with van der Waals surface area (Å²) in [4.78, 5) is 19.9. The number of piperidine rings is 1. The second-order valence-corrected chi connectivity index (χ2v) is 8.46. The topological polar surface area (TPSA) is 73.9 Å². The van der Waals surface area contributed by atoms with Gasteiger partial charge in [-0.25, -0.2) is 0 Å². The van der Waals surface area contributed by atoms with Gasteiger partial charge in [-0.1, -0.05) is 6.07 Å². The van der Waals surface area contributed by atoms with Crippen LogP contribution < -0.4 is 9.47 Å². The molecule has 0 radical (unpaired) electrons. The molecule has 1 amide bonds. The predicted octanol–water partition coefficient (Wildman–Crippen LogP) is 1.87. The molecule has 2 fully saturated rings. The van der Waals surface area contributed by atoms with Gasteiger partial charge in [0, 0.05) is 57.5 Å². The molecule has 30 heavy (non-hydrogen) atoms. The number of hydrogen-bond acceptors (Lipinski definition) is 6. The predicted molar refractivity (Wildman–Crippen MR) is 112 cm³/mol. The first-order chi connectivity index (χ1) is 14.7. The summed E-state index contributed by atoms with van der Waals surface area (Å²) >= 11 is 0. The number of carbonyl (C=O) groups is 1. The van der Waals surface area contributed by atoms with Crippen molar-refractivity contribution in [2.24, 2.45) is 0 Å². The molecule has 2 aromatic rings. The molecule has 0 spiro atoms. The third kappa shape index (κ3) is 3.89. The third-order valence-electron chi connectivity index (χ3n) is 6.51. The van der Waals surface area contributed by atoms with Gasteiger partial charge in [0.15, 0.2) is 11.5 Å². The molecular weight excluding hydrogens is 382 g/mol. The van der Waals surface area contributed by atoms with Gasteiger partial charge in [-0.05, 0) is 37.5 Å². The Labute approximate surface area is 176 Å². The van der Waals surface area contributed by atoms with Crippen molar-refractivity contribution in [1.29, 1.82) is 0 Å². The van der Waals surface area contributed by atoms with E-state index in [-0.39, 0.29) is 5.91 Å². The Kier molecular flexibility index (Phi) is 5.35. The number of benzene rings is 1. The van der Waals surface area contributed by atoms with Crippen LogP contribution in [0.2, 0.25) is 0 Å². The third-order valence-corrected chi connectivity index (χ3v) is 6.51. The molecule has 0 aliphatic carbocycles. The van der Waals surface area contributed by atoms with E-state index in [0.717, 1.165) is 75.8 Å². The van der Waals surface area contributed by atoms with Crippen LogP contribution in [0.15, 0.2) is 24.4 Å². The van der Waals surface area contributed by atoms with Crippen LogP contribution >= 0.6 is 0 Å². The Balaban J connectivity index is 1.14. The molecule has 8 heteroatoms. The number of aryl methyl sites for hydroxylation is 1. The van der Waals surface area contributed by atoms with Crippen molar-refractivity contribution in [2.45, 2.75) is 32.4 Å². The van der Waals surface area contributed by atoms with Crippen LogP contribution in [-0.4, -0.2) is 82.9 Å². The van der Waals surface area contributed by atoms with Gasteiger partial charge >= 0.3 is 0 Å². The van der Waals surface area contributed by atoms with Gasteiger partial charge in [0.25, 0.3) is 5.91 Å². The van der Waals surface area contributed by atoms with Crippen molar-refractivity contribution in [2.75, 3.05) is 46.1 Å². The van der Waals surface area contributed by atoms with E-state index >= 15 is 0 Å². The van der Waals surface area contributed by atoms with Crippen LogP contribution in [0.3, 0.4) is 0 Å². The maximum atomic E-state index is 12.9. The Bertz CT molecular complexity index is 906. The Hall–Kier alpha value is -2.58. The Morgan fingerprint density at radius 3 is 2.80 bits per heavy atom. The molecule has 5 rings (SSSR count). The number of hydrogen-bond donors (Lipinski definition) is 1. The van der Waals surface area contributed by atoms with Crippen molar-refractivity contribution in [3.63, 3.8) is 0 Å². The van der Waals surface area contributed by atoms with Gasteiger partial charge in [-0.3, -0.25) is 19.7 Å². The summed E-state index contributed by atoms with van der Waals surface area (Å²) in [5.74, 6) is 1.80. The lowest BCUT2D eigenvalue weighted by Crippen LogP contribution is -2.55. The SMILES string of the molecule is Cc1[nH]ncc1C(=O)N1CCCC(N2CCN(Cc3ccc4c(c3)OCO4)CC2)C1. The maximum absolute atomic E-state index is 12.9. The molecule has 160 valence electrons. The second kappa shape index (κ2) is 8.28. The number of nitrogens with zero attached hydrogens (tertiary/aromatic N) is 4. The highest BCUT2D eigenvalue weighted by atomic mass is 16.7. The molecule has 1 aromatic heterocycles. The lowest BCUT2D eigenvalue weighted by atomic mass is 10.0. The number of aromatic amines is 1. The Morgan fingerprint density at radius 2 is 2.00 bits per heavy atom. The summed E-state index contributed by atoms with van der Waals surface area (Å²) in [6.07, 6.45) is 3.87. The van der Waals surface area contributed by atoms with Gasteiger partial charge in [-0.2, -0.15) is 5.10 Å². The van der Waals surface area contributed by atoms with Gasteiger partial charge in [0.1, 0.15) is 0 Å². The summed E-state index contributed by atoms with van der Waals surface area (Å²) in [6, 6.07) is 6.67. The molecule has 2 saturated heterocycles. The minimum absolute atomic E-state index is 0.104. The molecule has 3 aliphatic rings.